The van der Waals surface area contributed by atoms with Gasteiger partial charge in [0.25, 0.3) is 0 Å². The number of aliphatic hydroxyl groups is 1. The second-order valence-corrected chi connectivity index (χ2v) is 6.46. The smallest absolute Gasteiger partial charge is 0.227 e. The van der Waals surface area contributed by atoms with Crippen molar-refractivity contribution in [3.8, 4) is 0 Å². The molecular formula is C20H24N2O2. The first-order chi connectivity index (χ1) is 11.8. The van der Waals surface area contributed by atoms with Gasteiger partial charge in [-0.15, -0.1) is 0 Å². The number of carbonyl (C=O) groups is 1. The molecule has 2 aromatic rings. The van der Waals surface area contributed by atoms with Crippen LogP contribution in [0.1, 0.15) is 35.6 Å². The highest BCUT2D eigenvalue weighted by Crippen LogP contribution is 2.31. The zero-order valence-corrected chi connectivity index (χ0v) is 13.8. The number of aryl methyl sites for hydroxylation is 1. The van der Waals surface area contributed by atoms with Crippen molar-refractivity contribution < 1.29 is 9.90 Å². The Morgan fingerprint density at radius 2 is 2.08 bits per heavy atom. The Hall–Kier alpha value is -2.20. The lowest BCUT2D eigenvalue weighted by Crippen LogP contribution is -2.36. The molecule has 0 bridgehead atoms. The lowest BCUT2D eigenvalue weighted by Gasteiger charge is -2.25. The Morgan fingerprint density at radius 1 is 1.25 bits per heavy atom. The van der Waals surface area contributed by atoms with Gasteiger partial charge in [0.05, 0.1) is 5.92 Å². The predicted molar refractivity (Wildman–Crippen MR) is 93.6 cm³/mol. The summed E-state index contributed by atoms with van der Waals surface area (Å²) in [7, 11) is 0. The third-order valence-corrected chi connectivity index (χ3v) is 4.73. The number of hydrogen-bond donors (Lipinski definition) is 2. The highest BCUT2D eigenvalue weighted by molar-refractivity contribution is 5.84. The van der Waals surface area contributed by atoms with E-state index in [9.17, 15) is 9.90 Å². The van der Waals surface area contributed by atoms with E-state index in [2.05, 4.69) is 22.4 Å². The Bertz CT molecular complexity index is 672. The number of aliphatic hydroxyl groups excluding tert-OH is 1. The van der Waals surface area contributed by atoms with Crippen molar-refractivity contribution in [2.45, 2.75) is 31.6 Å². The Labute approximate surface area is 142 Å². The molecule has 0 saturated carbocycles. The van der Waals surface area contributed by atoms with Crippen molar-refractivity contribution in [2.75, 3.05) is 13.2 Å². The largest absolute Gasteiger partial charge is 0.396 e. The van der Waals surface area contributed by atoms with Gasteiger partial charge in [0.2, 0.25) is 5.91 Å². The van der Waals surface area contributed by atoms with Crippen LogP contribution in [-0.4, -0.2) is 29.1 Å². The molecule has 0 radical (unpaired) electrons. The summed E-state index contributed by atoms with van der Waals surface area (Å²) < 4.78 is 0. The minimum Gasteiger partial charge on any atom is -0.396 e. The summed E-state index contributed by atoms with van der Waals surface area (Å²) in [5.41, 5.74) is 3.39. The first-order valence-electron chi connectivity index (χ1n) is 8.64. The Morgan fingerprint density at radius 3 is 2.88 bits per heavy atom. The summed E-state index contributed by atoms with van der Waals surface area (Å²) in [5.74, 6) is -0.00607. The van der Waals surface area contributed by atoms with Gasteiger partial charge in [-0.3, -0.25) is 9.78 Å². The average Bonchev–Trinajstić information content (AvgIpc) is 2.65. The molecule has 1 heterocycles. The molecule has 24 heavy (non-hydrogen) atoms. The van der Waals surface area contributed by atoms with E-state index >= 15 is 0 Å². The number of hydrogen-bond acceptors (Lipinski definition) is 3. The van der Waals surface area contributed by atoms with E-state index in [0.717, 1.165) is 30.5 Å². The molecule has 1 aliphatic carbocycles. The van der Waals surface area contributed by atoms with Crippen LogP contribution >= 0.6 is 0 Å². The SMILES string of the molecule is O=C(NC[C@@H](CO)Cc1ccccn1)[C@@H]1CCCc2ccccc21. The van der Waals surface area contributed by atoms with E-state index in [4.69, 9.17) is 0 Å². The van der Waals surface area contributed by atoms with Gasteiger partial charge < -0.3 is 10.4 Å². The molecule has 1 aliphatic rings. The van der Waals surface area contributed by atoms with Crippen molar-refractivity contribution in [3.05, 3.63) is 65.5 Å². The maximum Gasteiger partial charge on any atom is 0.227 e. The summed E-state index contributed by atoms with van der Waals surface area (Å²) in [6.45, 7) is 0.517. The molecule has 4 nitrogen and oxygen atoms in total. The van der Waals surface area contributed by atoms with Gasteiger partial charge in [-0.1, -0.05) is 30.3 Å². The number of benzene rings is 1. The number of pyridine rings is 1. The maximum absolute atomic E-state index is 12.6. The number of nitrogens with one attached hydrogen (secondary N) is 1. The fourth-order valence-corrected chi connectivity index (χ4v) is 3.41. The van der Waals surface area contributed by atoms with E-state index in [1.165, 1.54) is 5.56 Å². The quantitative estimate of drug-likeness (QED) is 0.858. The van der Waals surface area contributed by atoms with Crippen LogP contribution < -0.4 is 5.32 Å². The third-order valence-electron chi connectivity index (χ3n) is 4.73. The van der Waals surface area contributed by atoms with Crippen molar-refractivity contribution >= 4 is 5.91 Å². The fourth-order valence-electron chi connectivity index (χ4n) is 3.41. The maximum atomic E-state index is 12.6. The van der Waals surface area contributed by atoms with E-state index in [-0.39, 0.29) is 24.3 Å². The lowest BCUT2D eigenvalue weighted by atomic mass is 9.82. The molecule has 3 rings (SSSR count). The van der Waals surface area contributed by atoms with Gasteiger partial charge in [0.1, 0.15) is 0 Å². The standard InChI is InChI=1S/C20H24N2O2/c23-14-15(12-17-8-3-4-11-21-17)13-22-20(24)19-10-5-7-16-6-1-2-9-18(16)19/h1-4,6,8-9,11,15,19,23H,5,7,10,12-14H2,(H,22,24)/t15-,19+/m0/s1. The van der Waals surface area contributed by atoms with E-state index < -0.39 is 0 Å². The second-order valence-electron chi connectivity index (χ2n) is 6.46. The van der Waals surface area contributed by atoms with Gasteiger partial charge in [0, 0.05) is 31.0 Å². The molecular weight excluding hydrogens is 300 g/mol. The summed E-state index contributed by atoms with van der Waals surface area (Å²) in [6, 6.07) is 14.0. The Kier molecular flexibility index (Phi) is 5.59. The minimum atomic E-state index is -0.0656. The van der Waals surface area contributed by atoms with E-state index in [0.29, 0.717) is 13.0 Å². The van der Waals surface area contributed by atoms with Crippen molar-refractivity contribution in [3.63, 3.8) is 0 Å². The number of aromatic nitrogens is 1. The monoisotopic (exact) mass is 324 g/mol. The van der Waals surface area contributed by atoms with Crippen LogP contribution in [0.2, 0.25) is 0 Å². The number of fused-ring (bicyclic) bond motifs is 1. The molecule has 126 valence electrons. The van der Waals surface area contributed by atoms with Gasteiger partial charge in [-0.2, -0.15) is 0 Å². The molecule has 2 N–H and O–H groups in total. The van der Waals surface area contributed by atoms with Gasteiger partial charge in [-0.05, 0) is 48.9 Å². The highest BCUT2D eigenvalue weighted by Gasteiger charge is 2.26. The van der Waals surface area contributed by atoms with Crippen LogP contribution in [0.3, 0.4) is 0 Å². The molecule has 4 heteroatoms. The molecule has 0 unspecified atom stereocenters. The third kappa shape index (κ3) is 4.01. The predicted octanol–water partition coefficient (Wildman–Crippen LogP) is 2.47. The van der Waals surface area contributed by atoms with Crippen LogP contribution in [0.25, 0.3) is 0 Å². The molecule has 1 amide bonds. The first-order valence-corrected chi connectivity index (χ1v) is 8.64. The molecule has 1 aromatic heterocycles. The molecule has 0 spiro atoms. The van der Waals surface area contributed by atoms with Crippen molar-refractivity contribution in [1.82, 2.24) is 10.3 Å². The van der Waals surface area contributed by atoms with Crippen LogP contribution in [0.15, 0.2) is 48.7 Å². The summed E-state index contributed by atoms with van der Waals surface area (Å²) in [4.78, 5) is 16.9. The zero-order chi connectivity index (χ0) is 16.8. The fraction of sp³-hybridized carbons (Fsp3) is 0.400. The van der Waals surface area contributed by atoms with Crippen LogP contribution in [0, 0.1) is 5.92 Å². The van der Waals surface area contributed by atoms with Crippen LogP contribution in [-0.2, 0) is 17.6 Å². The van der Waals surface area contributed by atoms with E-state index in [1.54, 1.807) is 6.20 Å². The molecule has 2 atom stereocenters. The van der Waals surface area contributed by atoms with Gasteiger partial charge in [-0.25, -0.2) is 0 Å². The summed E-state index contributed by atoms with van der Waals surface area (Å²) in [6.07, 6.45) is 5.42. The van der Waals surface area contributed by atoms with Crippen molar-refractivity contribution in [2.24, 2.45) is 5.92 Å². The molecule has 0 saturated heterocycles. The Balaban J connectivity index is 1.59. The van der Waals surface area contributed by atoms with Crippen molar-refractivity contribution in [1.29, 1.82) is 0 Å². The number of nitrogens with zero attached hydrogens (tertiary/aromatic N) is 1. The topological polar surface area (TPSA) is 62.2 Å². The molecule has 0 aliphatic heterocycles. The van der Waals surface area contributed by atoms with Crippen LogP contribution in [0.5, 0.6) is 0 Å². The number of amides is 1. The van der Waals surface area contributed by atoms with Gasteiger partial charge in [0.15, 0.2) is 0 Å². The summed E-state index contributed by atoms with van der Waals surface area (Å²) in [5, 5.41) is 12.6. The van der Waals surface area contributed by atoms with E-state index in [1.807, 2.05) is 30.3 Å². The summed E-state index contributed by atoms with van der Waals surface area (Å²) >= 11 is 0. The average molecular weight is 324 g/mol. The second kappa shape index (κ2) is 8.06. The molecule has 1 aromatic carbocycles. The van der Waals surface area contributed by atoms with Crippen LogP contribution in [0.4, 0.5) is 0 Å². The lowest BCUT2D eigenvalue weighted by molar-refractivity contribution is -0.123. The normalized spacial score (nSPS) is 17.8. The minimum absolute atomic E-state index is 0.0114. The zero-order valence-electron chi connectivity index (χ0n) is 13.8. The first kappa shape index (κ1) is 16.7. The number of carbonyl (C=O) groups excluding carboxylic acids is 1. The van der Waals surface area contributed by atoms with Gasteiger partial charge >= 0.3 is 0 Å². The molecule has 0 fully saturated rings. The highest BCUT2D eigenvalue weighted by atomic mass is 16.3. The number of rotatable bonds is 6.